The van der Waals surface area contributed by atoms with Crippen LogP contribution in [-0.4, -0.2) is 18.9 Å². The van der Waals surface area contributed by atoms with Crippen LogP contribution in [0.5, 0.6) is 11.6 Å². The molecule has 5 rings (SSSR count). The molecular weight excluding hydrogens is 350 g/mol. The van der Waals surface area contributed by atoms with Crippen LogP contribution in [0.4, 0.5) is 0 Å². The number of benzene rings is 2. The molecule has 28 heavy (non-hydrogen) atoms. The third-order valence-corrected chi connectivity index (χ3v) is 4.71. The Morgan fingerprint density at radius 2 is 1.89 bits per heavy atom. The summed E-state index contributed by atoms with van der Waals surface area (Å²) in [4.78, 5) is 8.71. The van der Waals surface area contributed by atoms with Crippen molar-refractivity contribution in [1.82, 2.24) is 18.9 Å². The lowest BCUT2D eigenvalue weighted by Crippen LogP contribution is -1.99. The van der Waals surface area contributed by atoms with E-state index < -0.39 is 0 Å². The standard InChI is InChI=1S/C22H15N5O/c1-15-12-21(28-17-8-6-16(7-9-17)26-11-10-24-14-26)27-20-5-3-2-4-19(20)25-22(27)18(15)13-23/h2-12,14H,1H3. The molecule has 0 aliphatic heterocycles. The molecule has 0 amide bonds. The summed E-state index contributed by atoms with van der Waals surface area (Å²) >= 11 is 0. The average Bonchev–Trinajstić information content (AvgIpc) is 3.37. The summed E-state index contributed by atoms with van der Waals surface area (Å²) in [6, 6.07) is 19.7. The number of aromatic nitrogens is 4. The summed E-state index contributed by atoms with van der Waals surface area (Å²) in [6.07, 6.45) is 5.38. The maximum atomic E-state index is 9.59. The number of hydrogen-bond donors (Lipinski definition) is 0. The van der Waals surface area contributed by atoms with Crippen molar-refractivity contribution >= 4 is 16.7 Å². The van der Waals surface area contributed by atoms with E-state index in [1.807, 2.05) is 76.7 Å². The first-order valence-corrected chi connectivity index (χ1v) is 8.82. The van der Waals surface area contributed by atoms with Crippen LogP contribution in [0.15, 0.2) is 73.3 Å². The molecule has 0 radical (unpaired) electrons. The molecule has 3 aromatic heterocycles. The highest BCUT2D eigenvalue weighted by molar-refractivity contribution is 5.83. The molecule has 0 fully saturated rings. The van der Waals surface area contributed by atoms with Crippen molar-refractivity contribution in [3.8, 4) is 23.4 Å². The van der Waals surface area contributed by atoms with Crippen LogP contribution in [0.1, 0.15) is 11.1 Å². The molecule has 0 N–H and O–H groups in total. The van der Waals surface area contributed by atoms with Crippen LogP contribution in [0.25, 0.3) is 22.4 Å². The minimum Gasteiger partial charge on any atom is -0.440 e. The van der Waals surface area contributed by atoms with E-state index in [4.69, 9.17) is 4.74 Å². The summed E-state index contributed by atoms with van der Waals surface area (Å²) in [5, 5.41) is 9.59. The second-order valence-corrected chi connectivity index (χ2v) is 6.48. The lowest BCUT2D eigenvalue weighted by atomic mass is 10.1. The average molecular weight is 365 g/mol. The van der Waals surface area contributed by atoms with E-state index in [0.29, 0.717) is 22.8 Å². The summed E-state index contributed by atoms with van der Waals surface area (Å²) in [5.41, 5.74) is 4.71. The first kappa shape index (κ1) is 16.1. The van der Waals surface area contributed by atoms with Gasteiger partial charge in [-0.3, -0.25) is 4.40 Å². The lowest BCUT2D eigenvalue weighted by Gasteiger charge is -2.12. The minimum atomic E-state index is 0.555. The summed E-state index contributed by atoms with van der Waals surface area (Å²) in [5.74, 6) is 1.32. The normalized spacial score (nSPS) is 11.0. The second-order valence-electron chi connectivity index (χ2n) is 6.48. The Morgan fingerprint density at radius 1 is 1.07 bits per heavy atom. The van der Waals surface area contributed by atoms with Crippen molar-refractivity contribution in [2.75, 3.05) is 0 Å². The van der Waals surface area contributed by atoms with Gasteiger partial charge in [0.2, 0.25) is 5.88 Å². The van der Waals surface area contributed by atoms with Gasteiger partial charge in [-0.05, 0) is 48.9 Å². The van der Waals surface area contributed by atoms with Crippen LogP contribution in [0.3, 0.4) is 0 Å². The zero-order valence-electron chi connectivity index (χ0n) is 15.1. The van der Waals surface area contributed by atoms with E-state index >= 15 is 0 Å². The molecule has 6 nitrogen and oxygen atoms in total. The first-order valence-electron chi connectivity index (χ1n) is 8.82. The highest BCUT2D eigenvalue weighted by atomic mass is 16.5. The predicted molar refractivity (Wildman–Crippen MR) is 106 cm³/mol. The molecular formula is C22H15N5O. The number of rotatable bonds is 3. The highest BCUT2D eigenvalue weighted by Gasteiger charge is 2.16. The molecule has 0 unspecified atom stereocenters. The van der Waals surface area contributed by atoms with E-state index in [2.05, 4.69) is 16.0 Å². The third-order valence-electron chi connectivity index (χ3n) is 4.71. The van der Waals surface area contributed by atoms with Gasteiger partial charge in [0.05, 0.1) is 22.9 Å². The first-order chi connectivity index (χ1) is 13.7. The van der Waals surface area contributed by atoms with Crippen molar-refractivity contribution in [3.05, 3.63) is 84.4 Å². The van der Waals surface area contributed by atoms with Gasteiger partial charge in [0.25, 0.3) is 0 Å². The van der Waals surface area contributed by atoms with Crippen molar-refractivity contribution in [2.45, 2.75) is 6.92 Å². The summed E-state index contributed by atoms with van der Waals surface area (Å²) < 4.78 is 10.0. The number of fused-ring (bicyclic) bond motifs is 3. The Kier molecular flexibility index (Phi) is 3.59. The maximum absolute atomic E-state index is 9.59. The van der Waals surface area contributed by atoms with E-state index in [1.54, 1.807) is 12.5 Å². The Labute approximate surface area is 160 Å². The highest BCUT2D eigenvalue weighted by Crippen LogP contribution is 2.31. The topological polar surface area (TPSA) is 68.1 Å². The zero-order valence-corrected chi connectivity index (χ0v) is 15.1. The molecule has 0 aliphatic rings. The molecule has 2 aromatic carbocycles. The maximum Gasteiger partial charge on any atom is 0.206 e. The van der Waals surface area contributed by atoms with E-state index in [9.17, 15) is 5.26 Å². The number of nitriles is 1. The largest absolute Gasteiger partial charge is 0.440 e. The van der Waals surface area contributed by atoms with E-state index in [-0.39, 0.29) is 0 Å². The Morgan fingerprint density at radius 3 is 2.64 bits per heavy atom. The molecule has 134 valence electrons. The number of imidazole rings is 2. The van der Waals surface area contributed by atoms with Crippen LogP contribution < -0.4 is 4.74 Å². The van der Waals surface area contributed by atoms with Crippen molar-refractivity contribution < 1.29 is 4.74 Å². The monoisotopic (exact) mass is 365 g/mol. The smallest absolute Gasteiger partial charge is 0.206 e. The number of para-hydroxylation sites is 2. The van der Waals surface area contributed by atoms with Gasteiger partial charge < -0.3 is 9.30 Å². The molecule has 5 aromatic rings. The minimum absolute atomic E-state index is 0.555. The van der Waals surface area contributed by atoms with Crippen LogP contribution >= 0.6 is 0 Å². The predicted octanol–water partition coefficient (Wildman–Crippen LogP) is 4.65. The van der Waals surface area contributed by atoms with Gasteiger partial charge in [-0.2, -0.15) is 5.26 Å². The SMILES string of the molecule is Cc1cc(Oc2ccc(-n3ccnc3)cc2)n2c(nc3ccccc32)c1C#N. The molecule has 0 saturated heterocycles. The van der Waals surface area contributed by atoms with E-state index in [1.165, 1.54) is 0 Å². The van der Waals surface area contributed by atoms with Crippen LogP contribution in [0, 0.1) is 18.3 Å². The van der Waals surface area contributed by atoms with Crippen molar-refractivity contribution in [1.29, 1.82) is 5.26 Å². The zero-order chi connectivity index (χ0) is 19.1. The van der Waals surface area contributed by atoms with Gasteiger partial charge in [0, 0.05) is 24.1 Å². The second kappa shape index (κ2) is 6.25. The van der Waals surface area contributed by atoms with Gasteiger partial charge in [0.15, 0.2) is 5.65 Å². The molecule has 3 heterocycles. The molecule has 0 bridgehead atoms. The van der Waals surface area contributed by atoms with Gasteiger partial charge in [0.1, 0.15) is 11.8 Å². The van der Waals surface area contributed by atoms with Crippen LogP contribution in [-0.2, 0) is 0 Å². The molecule has 0 saturated carbocycles. The van der Waals surface area contributed by atoms with E-state index in [0.717, 1.165) is 22.3 Å². The fraction of sp³-hybridized carbons (Fsp3) is 0.0455. The van der Waals surface area contributed by atoms with Crippen LogP contribution in [0.2, 0.25) is 0 Å². The number of hydrogen-bond acceptors (Lipinski definition) is 4. The third kappa shape index (κ3) is 2.49. The number of nitrogens with zero attached hydrogens (tertiary/aromatic N) is 5. The molecule has 0 spiro atoms. The quantitative estimate of drug-likeness (QED) is 0.467. The van der Waals surface area contributed by atoms with Gasteiger partial charge >= 0.3 is 0 Å². The fourth-order valence-corrected chi connectivity index (χ4v) is 3.35. The number of pyridine rings is 1. The number of ether oxygens (including phenoxy) is 1. The Bertz CT molecular complexity index is 1340. The van der Waals surface area contributed by atoms with Crippen molar-refractivity contribution in [3.63, 3.8) is 0 Å². The lowest BCUT2D eigenvalue weighted by molar-refractivity contribution is 0.457. The van der Waals surface area contributed by atoms with Gasteiger partial charge in [-0.25, -0.2) is 9.97 Å². The summed E-state index contributed by atoms with van der Waals surface area (Å²) in [6.45, 7) is 1.90. The number of aryl methyl sites for hydroxylation is 1. The molecule has 0 atom stereocenters. The Hall–Kier alpha value is -4.11. The fourth-order valence-electron chi connectivity index (χ4n) is 3.35. The van der Waals surface area contributed by atoms with Crippen molar-refractivity contribution in [2.24, 2.45) is 0 Å². The van der Waals surface area contributed by atoms with Gasteiger partial charge in [-0.15, -0.1) is 0 Å². The molecule has 0 aliphatic carbocycles. The molecule has 6 heteroatoms. The summed E-state index contributed by atoms with van der Waals surface area (Å²) in [7, 11) is 0. The van der Waals surface area contributed by atoms with Gasteiger partial charge in [-0.1, -0.05) is 12.1 Å². The Balaban J connectivity index is 1.64.